The van der Waals surface area contributed by atoms with Gasteiger partial charge in [0.15, 0.2) is 0 Å². The van der Waals surface area contributed by atoms with Gasteiger partial charge in [-0.05, 0) is 14.0 Å². The van der Waals surface area contributed by atoms with Crippen LogP contribution in [0.15, 0.2) is 0 Å². The fraction of sp³-hybridized carbons (Fsp3) is 0.750. The van der Waals surface area contributed by atoms with Gasteiger partial charge in [-0.25, -0.2) is 0 Å². The Morgan fingerprint density at radius 1 is 1.23 bits per heavy atom. The summed E-state index contributed by atoms with van der Waals surface area (Å²) in [4.78, 5) is 22.5. The van der Waals surface area contributed by atoms with Crippen LogP contribution in [-0.4, -0.2) is 46.7 Å². The summed E-state index contributed by atoms with van der Waals surface area (Å²) in [5.74, 6) is -2.41. The normalized spacial score (nSPS) is 15.4. The maximum Gasteiger partial charge on any atom is 0.320 e. The van der Waals surface area contributed by atoms with Crippen molar-refractivity contribution in [2.45, 2.75) is 19.9 Å². The first kappa shape index (κ1) is 11.9. The summed E-state index contributed by atoms with van der Waals surface area (Å²) in [6.07, 6.45) is 0. The number of likely N-dealkylation sites (N-methyl/N-ethyl adjacent to an activating group) is 1. The molecule has 0 aromatic rings. The van der Waals surface area contributed by atoms with E-state index in [-0.39, 0.29) is 6.54 Å². The summed E-state index contributed by atoms with van der Waals surface area (Å²) in [5.41, 5.74) is 0. The third-order valence-electron chi connectivity index (χ3n) is 2.00. The zero-order chi connectivity index (χ0) is 10.6. The van der Waals surface area contributed by atoms with E-state index in [9.17, 15) is 9.59 Å². The molecule has 0 saturated heterocycles. The quantitative estimate of drug-likeness (QED) is 0.642. The second kappa shape index (κ2) is 4.81. The van der Waals surface area contributed by atoms with E-state index in [0.29, 0.717) is 0 Å². The van der Waals surface area contributed by atoms with E-state index < -0.39 is 23.9 Å². The summed E-state index contributed by atoms with van der Waals surface area (Å²) < 4.78 is 0. The minimum Gasteiger partial charge on any atom is -0.481 e. The molecule has 0 aromatic heterocycles. The monoisotopic (exact) mass is 189 g/mol. The SMILES string of the molecule is CC(CN(C)C(C)C(=O)O)C(=O)O. The molecule has 0 aliphatic rings. The molecule has 0 rings (SSSR count). The van der Waals surface area contributed by atoms with Crippen LogP contribution < -0.4 is 0 Å². The van der Waals surface area contributed by atoms with Gasteiger partial charge in [-0.15, -0.1) is 0 Å². The summed E-state index contributed by atoms with van der Waals surface area (Å²) in [5, 5.41) is 17.2. The van der Waals surface area contributed by atoms with Crippen LogP contribution >= 0.6 is 0 Å². The summed E-state index contributed by atoms with van der Waals surface area (Å²) in [6.45, 7) is 3.31. The third kappa shape index (κ3) is 3.89. The highest BCUT2D eigenvalue weighted by Gasteiger charge is 2.21. The molecular formula is C8H15NO4. The van der Waals surface area contributed by atoms with Crippen molar-refractivity contribution in [3.05, 3.63) is 0 Å². The average Bonchev–Trinajstić information content (AvgIpc) is 2.02. The molecule has 0 heterocycles. The molecule has 13 heavy (non-hydrogen) atoms. The first-order chi connectivity index (χ1) is 5.86. The van der Waals surface area contributed by atoms with Gasteiger partial charge >= 0.3 is 11.9 Å². The van der Waals surface area contributed by atoms with Gasteiger partial charge in [0.1, 0.15) is 6.04 Å². The Bertz CT molecular complexity index is 204. The highest BCUT2D eigenvalue weighted by Crippen LogP contribution is 2.02. The van der Waals surface area contributed by atoms with Gasteiger partial charge in [-0.1, -0.05) is 6.92 Å². The molecule has 0 bridgehead atoms. The van der Waals surface area contributed by atoms with Crippen LogP contribution in [0.2, 0.25) is 0 Å². The van der Waals surface area contributed by atoms with Crippen molar-refractivity contribution in [3.63, 3.8) is 0 Å². The van der Waals surface area contributed by atoms with Crippen molar-refractivity contribution >= 4 is 11.9 Å². The Morgan fingerprint density at radius 3 is 2.00 bits per heavy atom. The molecule has 0 aliphatic carbocycles. The fourth-order valence-corrected chi connectivity index (χ4v) is 0.857. The molecule has 2 unspecified atom stereocenters. The third-order valence-corrected chi connectivity index (χ3v) is 2.00. The van der Waals surface area contributed by atoms with Crippen molar-refractivity contribution in [3.8, 4) is 0 Å². The van der Waals surface area contributed by atoms with E-state index in [2.05, 4.69) is 0 Å². The second-order valence-electron chi connectivity index (χ2n) is 3.19. The van der Waals surface area contributed by atoms with Crippen molar-refractivity contribution in [2.24, 2.45) is 5.92 Å². The number of hydrogen-bond acceptors (Lipinski definition) is 3. The Labute approximate surface area is 77.0 Å². The van der Waals surface area contributed by atoms with Crippen LogP contribution in [0.5, 0.6) is 0 Å². The van der Waals surface area contributed by atoms with Crippen LogP contribution in [-0.2, 0) is 9.59 Å². The van der Waals surface area contributed by atoms with Crippen LogP contribution in [0.1, 0.15) is 13.8 Å². The lowest BCUT2D eigenvalue weighted by Crippen LogP contribution is -2.39. The Kier molecular flexibility index (Phi) is 4.40. The highest BCUT2D eigenvalue weighted by molar-refractivity contribution is 5.73. The van der Waals surface area contributed by atoms with Crippen molar-refractivity contribution in [2.75, 3.05) is 13.6 Å². The molecule has 0 radical (unpaired) electrons. The lowest BCUT2D eigenvalue weighted by atomic mass is 10.1. The van der Waals surface area contributed by atoms with E-state index in [1.807, 2.05) is 0 Å². The molecule has 76 valence electrons. The molecule has 0 spiro atoms. The van der Waals surface area contributed by atoms with Gasteiger partial charge in [0, 0.05) is 6.54 Å². The standard InChI is InChI=1S/C8H15NO4/c1-5(7(10)11)4-9(3)6(2)8(12)13/h5-6H,4H2,1-3H3,(H,10,11)(H,12,13). The fourth-order valence-electron chi connectivity index (χ4n) is 0.857. The van der Waals surface area contributed by atoms with Gasteiger partial charge in [-0.2, -0.15) is 0 Å². The minimum atomic E-state index is -0.944. The Morgan fingerprint density at radius 2 is 1.69 bits per heavy atom. The topological polar surface area (TPSA) is 77.8 Å². The zero-order valence-electron chi connectivity index (χ0n) is 8.02. The van der Waals surface area contributed by atoms with Gasteiger partial charge < -0.3 is 10.2 Å². The minimum absolute atomic E-state index is 0.239. The maximum atomic E-state index is 10.5. The molecule has 0 saturated carbocycles. The van der Waals surface area contributed by atoms with Gasteiger partial charge in [0.05, 0.1) is 5.92 Å². The molecule has 2 N–H and O–H groups in total. The first-order valence-electron chi connectivity index (χ1n) is 4.02. The molecule has 5 heteroatoms. The summed E-state index contributed by atoms with van der Waals surface area (Å²) in [7, 11) is 1.60. The predicted octanol–water partition coefficient (Wildman–Crippen LogP) is 0.112. The lowest BCUT2D eigenvalue weighted by Gasteiger charge is -2.22. The van der Waals surface area contributed by atoms with Crippen LogP contribution in [0.4, 0.5) is 0 Å². The lowest BCUT2D eigenvalue weighted by molar-refractivity contribution is -0.146. The molecule has 2 atom stereocenters. The van der Waals surface area contributed by atoms with Gasteiger partial charge in [-0.3, -0.25) is 14.5 Å². The number of carboxylic acids is 2. The summed E-state index contributed by atoms with van der Waals surface area (Å²) in [6, 6.07) is -0.651. The molecular weight excluding hydrogens is 174 g/mol. The summed E-state index contributed by atoms with van der Waals surface area (Å²) >= 11 is 0. The zero-order valence-corrected chi connectivity index (χ0v) is 8.02. The number of aliphatic carboxylic acids is 2. The highest BCUT2D eigenvalue weighted by atomic mass is 16.4. The molecule has 0 fully saturated rings. The number of carboxylic acid groups (broad SMARTS) is 2. The number of hydrogen-bond donors (Lipinski definition) is 2. The van der Waals surface area contributed by atoms with E-state index >= 15 is 0 Å². The van der Waals surface area contributed by atoms with E-state index in [1.165, 1.54) is 11.8 Å². The Balaban J connectivity index is 4.06. The molecule has 0 aliphatic heterocycles. The van der Waals surface area contributed by atoms with Crippen molar-refractivity contribution in [1.82, 2.24) is 4.90 Å². The molecule has 5 nitrogen and oxygen atoms in total. The molecule has 0 amide bonds. The van der Waals surface area contributed by atoms with E-state index in [1.54, 1.807) is 14.0 Å². The molecule has 0 aromatic carbocycles. The van der Waals surface area contributed by atoms with Crippen LogP contribution in [0.25, 0.3) is 0 Å². The van der Waals surface area contributed by atoms with Crippen molar-refractivity contribution < 1.29 is 19.8 Å². The smallest absolute Gasteiger partial charge is 0.320 e. The number of rotatable bonds is 5. The van der Waals surface area contributed by atoms with Gasteiger partial charge in [0.2, 0.25) is 0 Å². The van der Waals surface area contributed by atoms with Crippen molar-refractivity contribution in [1.29, 1.82) is 0 Å². The van der Waals surface area contributed by atoms with Crippen LogP contribution in [0.3, 0.4) is 0 Å². The largest absolute Gasteiger partial charge is 0.481 e. The number of nitrogens with zero attached hydrogens (tertiary/aromatic N) is 1. The van der Waals surface area contributed by atoms with E-state index in [4.69, 9.17) is 10.2 Å². The average molecular weight is 189 g/mol. The maximum absolute atomic E-state index is 10.5. The Hall–Kier alpha value is -1.10. The first-order valence-corrected chi connectivity index (χ1v) is 4.02. The van der Waals surface area contributed by atoms with Crippen LogP contribution in [0, 0.1) is 5.92 Å². The number of carbonyl (C=O) groups is 2. The van der Waals surface area contributed by atoms with Gasteiger partial charge in [0.25, 0.3) is 0 Å². The van der Waals surface area contributed by atoms with E-state index in [0.717, 1.165) is 0 Å². The predicted molar refractivity (Wildman–Crippen MR) is 46.5 cm³/mol. The second-order valence-corrected chi connectivity index (χ2v) is 3.19.